The van der Waals surface area contributed by atoms with Crippen molar-refractivity contribution in [2.24, 2.45) is 0 Å². The molecule has 0 spiro atoms. The number of fused-ring (bicyclic) bond motifs is 1. The van der Waals surface area contributed by atoms with Gasteiger partial charge in [-0.05, 0) is 64.8 Å². The summed E-state index contributed by atoms with van der Waals surface area (Å²) in [6.45, 7) is 1.82. The van der Waals surface area contributed by atoms with Gasteiger partial charge >= 0.3 is 5.97 Å². The zero-order valence-electron chi connectivity index (χ0n) is 14.8. The van der Waals surface area contributed by atoms with Crippen LogP contribution in [0.1, 0.15) is 18.3 Å². The number of H-pyrrole nitrogens is 1. The Labute approximate surface area is 168 Å². The molecule has 0 unspecified atom stereocenters. The van der Waals surface area contributed by atoms with Gasteiger partial charge in [0.1, 0.15) is 23.5 Å². The summed E-state index contributed by atoms with van der Waals surface area (Å²) in [4.78, 5) is 18.7. The van der Waals surface area contributed by atoms with E-state index in [-0.39, 0.29) is 12.4 Å². The second-order valence-corrected chi connectivity index (χ2v) is 6.55. The molecule has 0 fully saturated rings. The van der Waals surface area contributed by atoms with Crippen molar-refractivity contribution in [1.82, 2.24) is 9.97 Å². The molecule has 1 aromatic heterocycles. The van der Waals surface area contributed by atoms with Gasteiger partial charge in [0.2, 0.25) is 0 Å². The van der Waals surface area contributed by atoms with Crippen LogP contribution >= 0.6 is 15.9 Å². The minimum Gasteiger partial charge on any atom is -0.481 e. The van der Waals surface area contributed by atoms with Crippen LogP contribution in [0.25, 0.3) is 22.7 Å². The van der Waals surface area contributed by atoms with Gasteiger partial charge in [-0.1, -0.05) is 6.07 Å². The van der Waals surface area contributed by atoms with Crippen molar-refractivity contribution in [3.63, 3.8) is 0 Å². The molecule has 0 bridgehead atoms. The summed E-state index contributed by atoms with van der Waals surface area (Å²) in [5.41, 5.74) is 2.10. The molecule has 0 saturated heterocycles. The van der Waals surface area contributed by atoms with Crippen molar-refractivity contribution in [1.29, 1.82) is 5.26 Å². The number of imidazole rings is 1. The lowest BCUT2D eigenvalue weighted by molar-refractivity contribution is -0.145. The summed E-state index contributed by atoms with van der Waals surface area (Å²) in [7, 11) is 0. The molecule has 0 atom stereocenters. The highest BCUT2D eigenvalue weighted by Crippen LogP contribution is 2.28. The van der Waals surface area contributed by atoms with Gasteiger partial charge in [0.15, 0.2) is 6.61 Å². The number of benzene rings is 2. The van der Waals surface area contributed by atoms with Crippen LogP contribution in [0.4, 0.5) is 4.39 Å². The van der Waals surface area contributed by atoms with Gasteiger partial charge < -0.3 is 14.5 Å². The molecule has 1 heterocycles. The first-order chi connectivity index (χ1) is 13.5. The minimum atomic E-state index is -0.452. The van der Waals surface area contributed by atoms with E-state index in [4.69, 9.17) is 9.47 Å². The highest BCUT2D eigenvalue weighted by molar-refractivity contribution is 9.10. The van der Waals surface area contributed by atoms with Crippen molar-refractivity contribution in [2.75, 3.05) is 13.2 Å². The second kappa shape index (κ2) is 8.67. The van der Waals surface area contributed by atoms with Crippen molar-refractivity contribution in [2.45, 2.75) is 6.92 Å². The van der Waals surface area contributed by atoms with Gasteiger partial charge in [-0.2, -0.15) is 5.26 Å². The number of aromatic amines is 1. The van der Waals surface area contributed by atoms with E-state index in [1.165, 1.54) is 12.1 Å². The first kappa shape index (κ1) is 19.6. The number of nitriles is 1. The molecule has 2 aromatic carbocycles. The Balaban J connectivity index is 1.83. The highest BCUT2D eigenvalue weighted by atomic mass is 79.9. The maximum Gasteiger partial charge on any atom is 0.344 e. The molecule has 0 radical (unpaired) electrons. The van der Waals surface area contributed by atoms with E-state index in [9.17, 15) is 14.4 Å². The molecule has 3 aromatic rings. The summed E-state index contributed by atoms with van der Waals surface area (Å²) in [6.07, 6.45) is 1.65. The molecule has 0 aliphatic carbocycles. The Kier molecular flexibility index (Phi) is 6.06. The predicted octanol–water partition coefficient (Wildman–Crippen LogP) is 4.47. The molecule has 1 N–H and O–H groups in total. The predicted molar refractivity (Wildman–Crippen MR) is 106 cm³/mol. The summed E-state index contributed by atoms with van der Waals surface area (Å²) >= 11 is 3.39. The second-order valence-electron chi connectivity index (χ2n) is 5.70. The van der Waals surface area contributed by atoms with Crippen LogP contribution in [-0.2, 0) is 9.53 Å². The zero-order chi connectivity index (χ0) is 20.1. The SMILES string of the molecule is CCOC(=O)COc1ccc(/C=C(/C#N)c2nc3ccc(F)cc3[nH]2)cc1Br. The third-order valence-corrected chi connectivity index (χ3v) is 4.36. The van der Waals surface area contributed by atoms with Crippen LogP contribution in [0.5, 0.6) is 5.75 Å². The van der Waals surface area contributed by atoms with Crippen LogP contribution in [0.2, 0.25) is 0 Å². The zero-order valence-corrected chi connectivity index (χ0v) is 16.4. The molecule has 0 amide bonds. The van der Waals surface area contributed by atoms with Gasteiger partial charge in [-0.25, -0.2) is 14.2 Å². The van der Waals surface area contributed by atoms with E-state index in [2.05, 4.69) is 32.0 Å². The van der Waals surface area contributed by atoms with E-state index in [0.29, 0.717) is 39.3 Å². The fourth-order valence-corrected chi connectivity index (χ4v) is 3.00. The van der Waals surface area contributed by atoms with E-state index in [1.54, 1.807) is 37.3 Å². The van der Waals surface area contributed by atoms with Crippen LogP contribution < -0.4 is 4.74 Å². The Bertz CT molecular complexity index is 1100. The molecule has 142 valence electrons. The van der Waals surface area contributed by atoms with Crippen molar-refractivity contribution >= 4 is 44.6 Å². The Morgan fingerprint density at radius 2 is 2.18 bits per heavy atom. The molecular weight excluding hydrogens is 429 g/mol. The normalized spacial score (nSPS) is 11.3. The molecule has 28 heavy (non-hydrogen) atoms. The number of nitrogens with zero attached hydrogens (tertiary/aromatic N) is 2. The average molecular weight is 444 g/mol. The van der Waals surface area contributed by atoms with Gasteiger partial charge in [0.05, 0.1) is 27.7 Å². The lowest BCUT2D eigenvalue weighted by atomic mass is 10.1. The lowest BCUT2D eigenvalue weighted by Gasteiger charge is -2.08. The third-order valence-electron chi connectivity index (χ3n) is 3.74. The number of halogens is 2. The number of allylic oxidation sites excluding steroid dienone is 1. The number of esters is 1. The monoisotopic (exact) mass is 443 g/mol. The first-order valence-electron chi connectivity index (χ1n) is 8.35. The standard InChI is InChI=1S/C20H15BrFN3O3/c1-2-27-19(26)11-28-18-6-3-12(8-15(18)21)7-13(10-23)20-24-16-5-4-14(22)9-17(16)25-20/h3-9H,2,11H2,1H3,(H,24,25)/b13-7-. The molecule has 0 aliphatic rings. The number of hydrogen-bond donors (Lipinski definition) is 1. The average Bonchev–Trinajstić information content (AvgIpc) is 3.08. The van der Waals surface area contributed by atoms with Crippen molar-refractivity contribution < 1.29 is 18.7 Å². The first-order valence-corrected chi connectivity index (χ1v) is 9.15. The van der Waals surface area contributed by atoms with Gasteiger partial charge in [-0.3, -0.25) is 0 Å². The summed E-state index contributed by atoms with van der Waals surface area (Å²) in [6, 6.07) is 11.5. The smallest absolute Gasteiger partial charge is 0.344 e. The molecule has 0 aliphatic heterocycles. The number of carbonyl (C=O) groups excluding carboxylic acids is 1. The Morgan fingerprint density at radius 1 is 1.36 bits per heavy atom. The Morgan fingerprint density at radius 3 is 2.89 bits per heavy atom. The van der Waals surface area contributed by atoms with Crippen LogP contribution in [-0.4, -0.2) is 29.2 Å². The number of carbonyl (C=O) groups is 1. The molecular formula is C20H15BrFN3O3. The summed E-state index contributed by atoms with van der Waals surface area (Å²) in [5, 5.41) is 9.50. The van der Waals surface area contributed by atoms with Gasteiger partial charge in [0.25, 0.3) is 0 Å². The van der Waals surface area contributed by atoms with Gasteiger partial charge in [-0.15, -0.1) is 0 Å². The molecule has 0 saturated carbocycles. The summed E-state index contributed by atoms with van der Waals surface area (Å²) < 4.78 is 24.2. The van der Waals surface area contributed by atoms with Crippen molar-refractivity contribution in [3.8, 4) is 11.8 Å². The van der Waals surface area contributed by atoms with Crippen molar-refractivity contribution in [3.05, 3.63) is 58.1 Å². The van der Waals surface area contributed by atoms with E-state index >= 15 is 0 Å². The fourth-order valence-electron chi connectivity index (χ4n) is 2.49. The number of hydrogen-bond acceptors (Lipinski definition) is 5. The largest absolute Gasteiger partial charge is 0.481 e. The molecule has 6 nitrogen and oxygen atoms in total. The van der Waals surface area contributed by atoms with Crippen LogP contribution in [0.15, 0.2) is 40.9 Å². The van der Waals surface area contributed by atoms with Crippen LogP contribution in [0, 0.1) is 17.1 Å². The van der Waals surface area contributed by atoms with Gasteiger partial charge in [0, 0.05) is 0 Å². The Hall–Kier alpha value is -3.18. The minimum absolute atomic E-state index is 0.194. The quantitative estimate of drug-likeness (QED) is 0.448. The number of rotatable bonds is 6. The maximum atomic E-state index is 13.3. The van der Waals surface area contributed by atoms with E-state index < -0.39 is 5.97 Å². The highest BCUT2D eigenvalue weighted by Gasteiger charge is 2.10. The topological polar surface area (TPSA) is 88.0 Å². The molecule has 3 rings (SSSR count). The van der Waals surface area contributed by atoms with E-state index in [0.717, 1.165) is 5.56 Å². The van der Waals surface area contributed by atoms with E-state index in [1.807, 2.05) is 0 Å². The number of ether oxygens (including phenoxy) is 2. The number of nitrogens with one attached hydrogen (secondary N) is 1. The number of aromatic nitrogens is 2. The maximum absolute atomic E-state index is 13.3. The lowest BCUT2D eigenvalue weighted by Crippen LogP contribution is -2.14. The third kappa shape index (κ3) is 4.56. The van der Waals surface area contributed by atoms with Crippen LogP contribution in [0.3, 0.4) is 0 Å². The fraction of sp³-hybridized carbons (Fsp3) is 0.150. The molecule has 8 heteroatoms. The summed E-state index contributed by atoms with van der Waals surface area (Å²) in [5.74, 6) is -0.0104.